The summed E-state index contributed by atoms with van der Waals surface area (Å²) in [6, 6.07) is 8.32. The fourth-order valence-electron chi connectivity index (χ4n) is 1.45. The van der Waals surface area contributed by atoms with E-state index in [4.69, 9.17) is 19.9 Å². The van der Waals surface area contributed by atoms with Gasteiger partial charge in [-0.2, -0.15) is 0 Å². The third-order valence-corrected chi connectivity index (χ3v) is 2.47. The number of hydrogen-bond donors (Lipinski definition) is 1. The molecule has 0 aliphatic carbocycles. The van der Waals surface area contributed by atoms with Gasteiger partial charge in [-0.05, 0) is 33.3 Å². The Bertz CT molecular complexity index is 493. The Morgan fingerprint density at radius 2 is 1.73 bits per heavy atom. The van der Waals surface area contributed by atoms with Crippen LogP contribution in [0.5, 0.6) is 0 Å². The first kappa shape index (κ1) is 18.1. The highest BCUT2D eigenvalue weighted by Crippen LogP contribution is 2.14. The van der Waals surface area contributed by atoms with Gasteiger partial charge in [0.2, 0.25) is 0 Å². The molecule has 0 heterocycles. The van der Waals surface area contributed by atoms with Crippen molar-refractivity contribution in [3.63, 3.8) is 0 Å². The first-order chi connectivity index (χ1) is 10.2. The predicted octanol–water partition coefficient (Wildman–Crippen LogP) is 1.76. The number of ether oxygens (including phenoxy) is 3. The molecule has 0 radical (unpaired) electrons. The van der Waals surface area contributed by atoms with E-state index in [2.05, 4.69) is 0 Å². The van der Waals surface area contributed by atoms with Gasteiger partial charge in [-0.3, -0.25) is 4.79 Å². The summed E-state index contributed by atoms with van der Waals surface area (Å²) in [4.78, 5) is 23.7. The van der Waals surface area contributed by atoms with Crippen LogP contribution in [0, 0.1) is 0 Å². The minimum absolute atomic E-state index is 0.0689. The number of hydrogen-bond acceptors (Lipinski definition) is 6. The molecule has 0 aliphatic heterocycles. The molecule has 2 atom stereocenters. The van der Waals surface area contributed by atoms with Gasteiger partial charge in [-0.1, -0.05) is 30.3 Å². The lowest BCUT2D eigenvalue weighted by Gasteiger charge is -2.26. The van der Waals surface area contributed by atoms with Gasteiger partial charge in [-0.25, -0.2) is 4.79 Å². The molecule has 0 spiro atoms. The Morgan fingerprint density at radius 3 is 2.23 bits per heavy atom. The van der Waals surface area contributed by atoms with E-state index in [0.717, 1.165) is 5.56 Å². The molecule has 1 aromatic rings. The molecule has 0 bridgehead atoms. The summed E-state index contributed by atoms with van der Waals surface area (Å²) in [5, 5.41) is 0. The summed E-state index contributed by atoms with van der Waals surface area (Å²) in [5.74, 6) is -1.50. The molecule has 2 N–H and O–H groups in total. The van der Waals surface area contributed by atoms with Crippen LogP contribution in [-0.2, 0) is 30.4 Å². The molecule has 0 fully saturated rings. The predicted molar refractivity (Wildman–Crippen MR) is 80.6 cm³/mol. The molecule has 0 saturated carbocycles. The molecular formula is C16H23NO5. The first-order valence-electron chi connectivity index (χ1n) is 7.03. The first-order valence-corrected chi connectivity index (χ1v) is 7.03. The van der Waals surface area contributed by atoms with Crippen molar-refractivity contribution >= 4 is 11.9 Å². The summed E-state index contributed by atoms with van der Waals surface area (Å²) in [5.41, 5.74) is 5.57. The summed E-state index contributed by atoms with van der Waals surface area (Å²) < 4.78 is 15.5. The van der Waals surface area contributed by atoms with Gasteiger partial charge in [0.05, 0.1) is 5.60 Å². The molecule has 1 unspecified atom stereocenters. The second-order valence-corrected chi connectivity index (χ2v) is 5.88. The molecule has 6 heteroatoms. The van der Waals surface area contributed by atoms with Crippen LogP contribution in [0.1, 0.15) is 33.3 Å². The average molecular weight is 309 g/mol. The van der Waals surface area contributed by atoms with E-state index in [0.29, 0.717) is 0 Å². The molecule has 1 rings (SSSR count). The fraction of sp³-hybridized carbons (Fsp3) is 0.500. The van der Waals surface area contributed by atoms with Gasteiger partial charge in [0, 0.05) is 0 Å². The molecule has 22 heavy (non-hydrogen) atoms. The van der Waals surface area contributed by atoms with E-state index < -0.39 is 29.9 Å². The highest BCUT2D eigenvalue weighted by molar-refractivity contribution is 5.80. The molecular weight excluding hydrogens is 286 g/mol. The van der Waals surface area contributed by atoms with Gasteiger partial charge in [0.1, 0.15) is 12.6 Å². The average Bonchev–Trinajstić information content (AvgIpc) is 2.43. The number of carbonyl (C=O) groups excluding carboxylic acids is 2. The molecule has 0 amide bonds. The number of benzene rings is 1. The molecule has 0 saturated heterocycles. The maximum atomic E-state index is 12.1. The van der Waals surface area contributed by atoms with Crippen LogP contribution in [0.4, 0.5) is 0 Å². The van der Waals surface area contributed by atoms with E-state index >= 15 is 0 Å². The SMILES string of the molecule is C[C@H](N)C(=O)OC(OC(C)(C)C)C(=O)OCc1ccccc1. The number of rotatable bonds is 6. The Hall–Kier alpha value is -1.92. The van der Waals surface area contributed by atoms with Crippen molar-refractivity contribution in [2.75, 3.05) is 0 Å². The summed E-state index contributed by atoms with van der Waals surface area (Å²) in [7, 11) is 0. The Labute approximate surface area is 130 Å². The number of esters is 2. The van der Waals surface area contributed by atoms with E-state index in [1.807, 2.05) is 30.3 Å². The maximum Gasteiger partial charge on any atom is 0.376 e. The van der Waals surface area contributed by atoms with E-state index in [9.17, 15) is 9.59 Å². The van der Waals surface area contributed by atoms with Crippen molar-refractivity contribution in [1.82, 2.24) is 0 Å². The maximum absolute atomic E-state index is 12.1. The van der Waals surface area contributed by atoms with Gasteiger partial charge in [0.25, 0.3) is 0 Å². The van der Waals surface area contributed by atoms with Gasteiger partial charge >= 0.3 is 18.2 Å². The fourth-order valence-corrected chi connectivity index (χ4v) is 1.45. The van der Waals surface area contributed by atoms with E-state index in [-0.39, 0.29) is 6.61 Å². The van der Waals surface area contributed by atoms with Gasteiger partial charge in [0.15, 0.2) is 0 Å². The van der Waals surface area contributed by atoms with E-state index in [1.54, 1.807) is 20.8 Å². The van der Waals surface area contributed by atoms with Crippen molar-refractivity contribution in [2.45, 2.75) is 52.2 Å². The summed E-state index contributed by atoms with van der Waals surface area (Å²) in [6.07, 6.45) is -1.44. The zero-order valence-corrected chi connectivity index (χ0v) is 13.4. The van der Waals surface area contributed by atoms with E-state index in [1.165, 1.54) is 6.92 Å². The Balaban J connectivity index is 2.68. The Morgan fingerprint density at radius 1 is 1.14 bits per heavy atom. The third-order valence-electron chi connectivity index (χ3n) is 2.47. The van der Waals surface area contributed by atoms with Crippen molar-refractivity contribution < 1.29 is 23.8 Å². The lowest BCUT2D eigenvalue weighted by atomic mass is 10.2. The number of carbonyl (C=O) groups is 2. The standard InChI is InChI=1S/C16H23NO5/c1-11(17)13(18)21-15(22-16(2,3)4)14(19)20-10-12-8-6-5-7-9-12/h5-9,11,15H,10,17H2,1-4H3/t11-,15?/m0/s1. The second kappa shape index (κ2) is 7.91. The Kier molecular flexibility index (Phi) is 6.52. The van der Waals surface area contributed by atoms with Crippen molar-refractivity contribution in [1.29, 1.82) is 0 Å². The van der Waals surface area contributed by atoms with Gasteiger partial charge < -0.3 is 19.9 Å². The zero-order valence-electron chi connectivity index (χ0n) is 13.4. The van der Waals surface area contributed by atoms with Crippen LogP contribution in [0.2, 0.25) is 0 Å². The highest BCUT2D eigenvalue weighted by Gasteiger charge is 2.31. The molecule has 6 nitrogen and oxygen atoms in total. The molecule has 1 aromatic carbocycles. The van der Waals surface area contributed by atoms with Gasteiger partial charge in [-0.15, -0.1) is 0 Å². The van der Waals surface area contributed by atoms with Crippen LogP contribution < -0.4 is 5.73 Å². The molecule has 0 aliphatic rings. The van der Waals surface area contributed by atoms with Crippen molar-refractivity contribution in [3.8, 4) is 0 Å². The van der Waals surface area contributed by atoms with Crippen LogP contribution in [0.25, 0.3) is 0 Å². The quantitative estimate of drug-likeness (QED) is 0.636. The van der Waals surface area contributed by atoms with Crippen molar-refractivity contribution in [2.24, 2.45) is 5.73 Å². The van der Waals surface area contributed by atoms with Crippen LogP contribution in [-0.4, -0.2) is 29.9 Å². The topological polar surface area (TPSA) is 87.9 Å². The van der Waals surface area contributed by atoms with Crippen LogP contribution in [0.3, 0.4) is 0 Å². The zero-order chi connectivity index (χ0) is 16.8. The molecule has 0 aromatic heterocycles. The second-order valence-electron chi connectivity index (χ2n) is 5.88. The summed E-state index contributed by atoms with van der Waals surface area (Å²) in [6.45, 7) is 6.75. The van der Waals surface area contributed by atoms with Crippen LogP contribution >= 0.6 is 0 Å². The van der Waals surface area contributed by atoms with Crippen LogP contribution in [0.15, 0.2) is 30.3 Å². The minimum atomic E-state index is -1.44. The normalized spacial score (nSPS) is 14.0. The lowest BCUT2D eigenvalue weighted by molar-refractivity contribution is -0.220. The number of nitrogens with two attached hydrogens (primary N) is 1. The molecule has 122 valence electrons. The minimum Gasteiger partial charge on any atom is -0.456 e. The summed E-state index contributed by atoms with van der Waals surface area (Å²) >= 11 is 0. The monoisotopic (exact) mass is 309 g/mol. The largest absolute Gasteiger partial charge is 0.456 e. The third kappa shape index (κ3) is 6.69. The lowest BCUT2D eigenvalue weighted by Crippen LogP contribution is -2.41. The highest BCUT2D eigenvalue weighted by atomic mass is 16.7. The smallest absolute Gasteiger partial charge is 0.376 e. The van der Waals surface area contributed by atoms with Crippen molar-refractivity contribution in [3.05, 3.63) is 35.9 Å².